The Bertz CT molecular complexity index is 628. The van der Waals surface area contributed by atoms with Crippen LogP contribution in [0.4, 0.5) is 0 Å². The number of nitrogens with one attached hydrogen (secondary N) is 1. The van der Waals surface area contributed by atoms with E-state index in [0.717, 1.165) is 18.4 Å². The maximum atomic E-state index is 12.3. The molecule has 1 aromatic rings. The number of amides is 2. The SMILES string of the molecule is CCC(CC)NC(=O)COC(=O)[C@@H]1CC(=O)N([C@H](C)c2ccccc2)C1. The Labute approximate surface area is 154 Å². The van der Waals surface area contributed by atoms with Crippen LogP contribution in [0.5, 0.6) is 0 Å². The molecule has 1 aromatic carbocycles. The number of hydrogen-bond donors (Lipinski definition) is 1. The number of carbonyl (C=O) groups excluding carboxylic acids is 3. The molecular weight excluding hydrogens is 332 g/mol. The second kappa shape index (κ2) is 9.36. The van der Waals surface area contributed by atoms with Gasteiger partial charge in [0.2, 0.25) is 5.91 Å². The van der Waals surface area contributed by atoms with Gasteiger partial charge in [-0.1, -0.05) is 44.2 Å². The van der Waals surface area contributed by atoms with Crippen molar-refractivity contribution in [1.82, 2.24) is 10.2 Å². The molecule has 1 saturated heterocycles. The van der Waals surface area contributed by atoms with E-state index in [1.54, 1.807) is 4.90 Å². The number of likely N-dealkylation sites (tertiary alicyclic amines) is 1. The van der Waals surface area contributed by atoms with Gasteiger partial charge in [0, 0.05) is 19.0 Å². The minimum Gasteiger partial charge on any atom is -0.455 e. The summed E-state index contributed by atoms with van der Waals surface area (Å²) in [5, 5.41) is 2.83. The van der Waals surface area contributed by atoms with Crippen LogP contribution < -0.4 is 5.32 Å². The molecule has 0 saturated carbocycles. The molecule has 6 heteroatoms. The first-order chi connectivity index (χ1) is 12.5. The lowest BCUT2D eigenvalue weighted by Gasteiger charge is -2.25. The predicted molar refractivity (Wildman–Crippen MR) is 98.1 cm³/mol. The van der Waals surface area contributed by atoms with Crippen LogP contribution >= 0.6 is 0 Å². The topological polar surface area (TPSA) is 75.7 Å². The van der Waals surface area contributed by atoms with Crippen molar-refractivity contribution in [2.45, 2.75) is 52.1 Å². The van der Waals surface area contributed by atoms with E-state index in [0.29, 0.717) is 6.54 Å². The van der Waals surface area contributed by atoms with Gasteiger partial charge in [0.15, 0.2) is 6.61 Å². The van der Waals surface area contributed by atoms with Crippen molar-refractivity contribution in [3.8, 4) is 0 Å². The van der Waals surface area contributed by atoms with Crippen LogP contribution in [0.15, 0.2) is 30.3 Å². The third-order valence-electron chi connectivity index (χ3n) is 4.94. The first-order valence-electron chi connectivity index (χ1n) is 9.26. The number of hydrogen-bond acceptors (Lipinski definition) is 4. The van der Waals surface area contributed by atoms with Gasteiger partial charge in [-0.15, -0.1) is 0 Å². The molecule has 1 N–H and O–H groups in total. The maximum Gasteiger partial charge on any atom is 0.311 e. The summed E-state index contributed by atoms with van der Waals surface area (Å²) in [6, 6.07) is 9.70. The number of ether oxygens (including phenoxy) is 1. The summed E-state index contributed by atoms with van der Waals surface area (Å²) in [6.45, 7) is 5.96. The van der Waals surface area contributed by atoms with E-state index in [4.69, 9.17) is 4.74 Å². The normalized spacial score (nSPS) is 18.1. The Morgan fingerprint density at radius 2 is 1.88 bits per heavy atom. The van der Waals surface area contributed by atoms with Gasteiger partial charge < -0.3 is 15.0 Å². The van der Waals surface area contributed by atoms with E-state index in [1.807, 2.05) is 51.1 Å². The van der Waals surface area contributed by atoms with Crippen molar-refractivity contribution in [1.29, 1.82) is 0 Å². The molecule has 2 amide bonds. The summed E-state index contributed by atoms with van der Waals surface area (Å²) in [5.74, 6) is -1.37. The Hall–Kier alpha value is -2.37. The molecule has 142 valence electrons. The lowest BCUT2D eigenvalue weighted by atomic mass is 10.1. The van der Waals surface area contributed by atoms with Gasteiger partial charge in [-0.05, 0) is 25.3 Å². The molecule has 0 aromatic heterocycles. The van der Waals surface area contributed by atoms with Crippen LogP contribution in [0, 0.1) is 5.92 Å². The van der Waals surface area contributed by atoms with Crippen LogP contribution in [0.25, 0.3) is 0 Å². The largest absolute Gasteiger partial charge is 0.455 e. The second-order valence-corrected chi connectivity index (χ2v) is 6.72. The van der Waals surface area contributed by atoms with Crippen LogP contribution in [-0.4, -0.2) is 41.9 Å². The van der Waals surface area contributed by atoms with E-state index in [9.17, 15) is 14.4 Å². The predicted octanol–water partition coefficient (Wildman–Crippen LogP) is 2.44. The average molecular weight is 360 g/mol. The van der Waals surface area contributed by atoms with Crippen molar-refractivity contribution in [2.75, 3.05) is 13.2 Å². The van der Waals surface area contributed by atoms with E-state index in [1.165, 1.54) is 0 Å². The highest BCUT2D eigenvalue weighted by Gasteiger charge is 2.38. The summed E-state index contributed by atoms with van der Waals surface area (Å²) in [5.41, 5.74) is 1.03. The van der Waals surface area contributed by atoms with Crippen molar-refractivity contribution < 1.29 is 19.1 Å². The molecule has 2 rings (SSSR count). The summed E-state index contributed by atoms with van der Waals surface area (Å²) < 4.78 is 5.13. The molecule has 0 spiro atoms. The summed E-state index contributed by atoms with van der Waals surface area (Å²) in [7, 11) is 0. The van der Waals surface area contributed by atoms with Crippen molar-refractivity contribution >= 4 is 17.8 Å². The van der Waals surface area contributed by atoms with Gasteiger partial charge >= 0.3 is 5.97 Å². The first-order valence-corrected chi connectivity index (χ1v) is 9.26. The maximum absolute atomic E-state index is 12.3. The van der Waals surface area contributed by atoms with E-state index >= 15 is 0 Å². The zero-order valence-corrected chi connectivity index (χ0v) is 15.7. The average Bonchev–Trinajstić information content (AvgIpc) is 3.06. The lowest BCUT2D eigenvalue weighted by Crippen LogP contribution is -2.37. The lowest BCUT2D eigenvalue weighted by molar-refractivity contribution is -0.152. The molecule has 0 bridgehead atoms. The minimum atomic E-state index is -0.519. The number of carbonyl (C=O) groups is 3. The molecule has 6 nitrogen and oxygen atoms in total. The zero-order valence-electron chi connectivity index (χ0n) is 15.7. The Morgan fingerprint density at radius 3 is 2.50 bits per heavy atom. The number of esters is 1. The fourth-order valence-corrected chi connectivity index (χ4v) is 3.19. The van der Waals surface area contributed by atoms with Gasteiger partial charge in [0.25, 0.3) is 5.91 Å². The number of nitrogens with zero attached hydrogens (tertiary/aromatic N) is 1. The van der Waals surface area contributed by atoms with Gasteiger partial charge in [0.1, 0.15) is 0 Å². The molecular formula is C20H28N2O4. The van der Waals surface area contributed by atoms with Crippen molar-refractivity contribution in [2.24, 2.45) is 5.92 Å². The highest BCUT2D eigenvalue weighted by molar-refractivity contribution is 5.88. The summed E-state index contributed by atoms with van der Waals surface area (Å²) in [6.07, 6.45) is 1.80. The molecule has 1 aliphatic heterocycles. The van der Waals surface area contributed by atoms with Crippen LogP contribution in [0.1, 0.15) is 51.6 Å². The highest BCUT2D eigenvalue weighted by Crippen LogP contribution is 2.28. The Kier molecular flexibility index (Phi) is 7.18. The fourth-order valence-electron chi connectivity index (χ4n) is 3.19. The summed E-state index contributed by atoms with van der Waals surface area (Å²) >= 11 is 0. The van der Waals surface area contributed by atoms with Crippen LogP contribution in [0.3, 0.4) is 0 Å². The Balaban J connectivity index is 1.85. The van der Waals surface area contributed by atoms with E-state index in [2.05, 4.69) is 5.32 Å². The number of benzene rings is 1. The molecule has 0 radical (unpaired) electrons. The third kappa shape index (κ3) is 5.07. The van der Waals surface area contributed by atoms with E-state index < -0.39 is 11.9 Å². The van der Waals surface area contributed by atoms with Crippen LogP contribution in [-0.2, 0) is 19.1 Å². The van der Waals surface area contributed by atoms with Crippen LogP contribution in [0.2, 0.25) is 0 Å². The highest BCUT2D eigenvalue weighted by atomic mass is 16.5. The molecule has 26 heavy (non-hydrogen) atoms. The van der Waals surface area contributed by atoms with E-state index in [-0.39, 0.29) is 36.9 Å². The third-order valence-corrected chi connectivity index (χ3v) is 4.94. The quantitative estimate of drug-likeness (QED) is 0.723. The Morgan fingerprint density at radius 1 is 1.23 bits per heavy atom. The molecule has 1 fully saturated rings. The monoisotopic (exact) mass is 360 g/mol. The number of rotatable bonds is 8. The van der Waals surface area contributed by atoms with Crippen molar-refractivity contribution in [3.63, 3.8) is 0 Å². The van der Waals surface area contributed by atoms with Gasteiger partial charge in [-0.2, -0.15) is 0 Å². The minimum absolute atomic E-state index is 0.0650. The molecule has 0 aliphatic carbocycles. The van der Waals surface area contributed by atoms with Gasteiger partial charge in [-0.25, -0.2) is 0 Å². The smallest absolute Gasteiger partial charge is 0.311 e. The fraction of sp³-hybridized carbons (Fsp3) is 0.550. The molecule has 1 heterocycles. The van der Waals surface area contributed by atoms with Gasteiger partial charge in [0.05, 0.1) is 12.0 Å². The standard InChI is InChI=1S/C20H28N2O4/c1-4-17(5-2)21-18(23)13-26-20(25)16-11-19(24)22(12-16)14(3)15-9-7-6-8-10-15/h6-10,14,16-17H,4-5,11-13H2,1-3H3,(H,21,23)/t14-,16-/m1/s1. The zero-order chi connectivity index (χ0) is 19.1. The van der Waals surface area contributed by atoms with Crippen molar-refractivity contribution in [3.05, 3.63) is 35.9 Å². The molecule has 2 atom stereocenters. The molecule has 0 unspecified atom stereocenters. The van der Waals surface area contributed by atoms with Gasteiger partial charge in [-0.3, -0.25) is 14.4 Å². The second-order valence-electron chi connectivity index (χ2n) is 6.72. The molecule has 1 aliphatic rings. The summed E-state index contributed by atoms with van der Waals surface area (Å²) in [4.78, 5) is 38.1. The first kappa shape index (κ1) is 19.9.